The molecule has 0 N–H and O–H groups in total. The number of fused-ring (bicyclic) bond motifs is 2. The first-order valence-corrected chi connectivity index (χ1v) is 15.1. The summed E-state index contributed by atoms with van der Waals surface area (Å²) in [5.41, 5.74) is 1.74. The third kappa shape index (κ3) is 7.65. The highest BCUT2D eigenvalue weighted by atomic mass is 127. The van der Waals surface area contributed by atoms with Crippen molar-refractivity contribution in [3.05, 3.63) is 74.7 Å². The summed E-state index contributed by atoms with van der Waals surface area (Å²) in [6.07, 6.45) is 9.29. The van der Waals surface area contributed by atoms with Crippen LogP contribution in [-0.2, 0) is 16.7 Å². The summed E-state index contributed by atoms with van der Waals surface area (Å²) in [5, 5.41) is 3.80. The molecule has 39 heavy (non-hydrogen) atoms. The molecule has 4 heterocycles. The molecule has 0 unspecified atom stereocenters. The van der Waals surface area contributed by atoms with Gasteiger partial charge in [0.05, 0.1) is 28.9 Å². The lowest BCUT2D eigenvalue weighted by atomic mass is 10.2. The molecule has 0 fully saturated rings. The highest BCUT2D eigenvalue weighted by Gasteiger charge is 2.26. The van der Waals surface area contributed by atoms with E-state index in [1.807, 2.05) is 13.0 Å². The van der Waals surface area contributed by atoms with Gasteiger partial charge in [0.2, 0.25) is 4.83 Å². The van der Waals surface area contributed by atoms with Crippen molar-refractivity contribution < 1.29 is 41.5 Å². The maximum absolute atomic E-state index is 10.4. The molecular formula is C24H22Cl2IN6O3S3-. The van der Waals surface area contributed by atoms with Crippen molar-refractivity contribution in [2.45, 2.75) is 37.2 Å². The molecular weight excluding hydrogens is 714 g/mol. The molecule has 1 aromatic carbocycles. The number of thioether (sulfide) groups is 1. The van der Waals surface area contributed by atoms with Crippen molar-refractivity contribution in [3.8, 4) is 0 Å². The predicted molar refractivity (Wildman–Crippen MR) is 150 cm³/mol. The number of hydrogen-bond donors (Lipinski definition) is 0. The minimum Gasteiger partial charge on any atom is -1.00 e. The number of allylic oxidation sites excluding steroid dienone is 2. The normalized spacial score (nSPS) is 13.9. The number of nitrogens with zero attached hydrogens (tertiary/aromatic N) is 6. The third-order valence-electron chi connectivity index (χ3n) is 5.25. The summed E-state index contributed by atoms with van der Waals surface area (Å²) < 4.78 is 33.3. The van der Waals surface area contributed by atoms with Crippen molar-refractivity contribution in [1.29, 1.82) is 0 Å². The number of anilines is 1. The lowest BCUT2D eigenvalue weighted by Gasteiger charge is -2.15. The van der Waals surface area contributed by atoms with E-state index >= 15 is 0 Å². The molecule has 0 bridgehead atoms. The van der Waals surface area contributed by atoms with Gasteiger partial charge in [-0.05, 0) is 73.4 Å². The van der Waals surface area contributed by atoms with Gasteiger partial charge in [0.25, 0.3) is 5.15 Å². The van der Waals surface area contributed by atoms with E-state index in [-0.39, 0.29) is 28.9 Å². The first-order valence-electron chi connectivity index (χ1n) is 11.3. The summed E-state index contributed by atoms with van der Waals surface area (Å²) in [5.74, 6) is 0.808. The average Bonchev–Trinajstić information content (AvgIpc) is 3.40. The van der Waals surface area contributed by atoms with E-state index in [0.717, 1.165) is 50.0 Å². The largest absolute Gasteiger partial charge is 1.00 e. The summed E-state index contributed by atoms with van der Waals surface area (Å²) in [6.45, 7) is 7.56. The SMILES string of the molecule is CCN1/C(=C/C=C/c2sc3ncc(Cl)nc3[n+]2CC)Sc2ncc(Cl)nc21.Cc1ccc(S(=O)(=O)[O-])cc1.[I-]. The van der Waals surface area contributed by atoms with Gasteiger partial charge in [0.1, 0.15) is 20.3 Å². The van der Waals surface area contributed by atoms with Crippen molar-refractivity contribution in [2.75, 3.05) is 11.4 Å². The van der Waals surface area contributed by atoms with Crippen molar-refractivity contribution in [2.24, 2.45) is 0 Å². The van der Waals surface area contributed by atoms with Crippen LogP contribution in [0.5, 0.6) is 0 Å². The van der Waals surface area contributed by atoms with Gasteiger partial charge in [-0.3, -0.25) is 0 Å². The highest BCUT2D eigenvalue weighted by molar-refractivity contribution is 8.03. The van der Waals surface area contributed by atoms with Crippen LogP contribution in [0.3, 0.4) is 0 Å². The fourth-order valence-corrected chi connectivity index (χ4v) is 6.26. The average molecular weight is 736 g/mol. The molecule has 206 valence electrons. The number of hydrogen-bond acceptors (Lipinski definition) is 10. The number of halogens is 3. The lowest BCUT2D eigenvalue weighted by molar-refractivity contribution is -0.667. The van der Waals surface area contributed by atoms with Gasteiger partial charge >= 0.3 is 5.65 Å². The third-order valence-corrected chi connectivity index (χ3v) is 8.56. The Labute approximate surface area is 261 Å². The molecule has 0 saturated heterocycles. The zero-order valence-electron chi connectivity index (χ0n) is 20.9. The predicted octanol–water partition coefficient (Wildman–Crippen LogP) is 2.49. The maximum atomic E-state index is 10.4. The minimum absolute atomic E-state index is 0. The van der Waals surface area contributed by atoms with Crippen molar-refractivity contribution >= 4 is 78.8 Å². The van der Waals surface area contributed by atoms with Gasteiger partial charge in [-0.15, -0.1) is 0 Å². The van der Waals surface area contributed by atoms with Crippen molar-refractivity contribution in [1.82, 2.24) is 19.9 Å². The fourth-order valence-electron chi connectivity index (χ4n) is 3.48. The molecule has 3 aromatic heterocycles. The second kappa shape index (κ2) is 13.7. The second-order valence-corrected chi connectivity index (χ2v) is 12.0. The summed E-state index contributed by atoms with van der Waals surface area (Å²) in [4.78, 5) is 20.3. The molecule has 1 aliphatic rings. The standard InChI is InChI=1S/C17H15Cl2N6S2.C7H8O3S.HI/c1-3-24-12(26-16-14(24)22-10(18)8-20-16)6-5-7-13-25(4-2)15-17(27-13)21-9-11(19)23-15;1-6-2-4-7(5-3-6)11(8,9)10;/h5-9H,3-4H2,1-2H3;2-5H,1H3,(H,8,9,10);1H/q+1;;/p-2. The molecule has 1 aliphatic heterocycles. The van der Waals surface area contributed by atoms with Crippen LogP contribution in [0.25, 0.3) is 16.6 Å². The fraction of sp³-hybridized carbons (Fsp3) is 0.208. The van der Waals surface area contributed by atoms with Crippen LogP contribution in [0, 0.1) is 6.92 Å². The van der Waals surface area contributed by atoms with Crippen LogP contribution in [0.2, 0.25) is 10.3 Å². The molecule has 0 saturated carbocycles. The summed E-state index contributed by atoms with van der Waals surface area (Å²) >= 11 is 15.2. The topological polar surface area (TPSA) is 116 Å². The number of aromatic nitrogens is 5. The Morgan fingerprint density at radius 3 is 2.38 bits per heavy atom. The first-order chi connectivity index (χ1) is 18.1. The lowest BCUT2D eigenvalue weighted by Crippen LogP contribution is -3.00. The van der Waals surface area contributed by atoms with E-state index in [9.17, 15) is 13.0 Å². The number of aryl methyl sites for hydroxylation is 2. The van der Waals surface area contributed by atoms with Crippen LogP contribution in [0.1, 0.15) is 24.4 Å². The van der Waals surface area contributed by atoms with Gasteiger partial charge < -0.3 is 33.4 Å². The number of benzene rings is 1. The van der Waals surface area contributed by atoms with Gasteiger partial charge in [-0.25, -0.2) is 27.9 Å². The van der Waals surface area contributed by atoms with Crippen molar-refractivity contribution in [3.63, 3.8) is 0 Å². The van der Waals surface area contributed by atoms with E-state index in [1.54, 1.807) is 47.6 Å². The zero-order valence-corrected chi connectivity index (χ0v) is 27.0. The number of rotatable bonds is 5. The molecule has 0 aliphatic carbocycles. The van der Waals surface area contributed by atoms with Gasteiger partial charge in [0.15, 0.2) is 10.8 Å². The summed E-state index contributed by atoms with van der Waals surface area (Å²) in [7, 11) is -4.27. The van der Waals surface area contributed by atoms with E-state index in [2.05, 4.69) is 55.4 Å². The Hall–Kier alpha value is -1.88. The molecule has 15 heteroatoms. The second-order valence-electron chi connectivity index (χ2n) is 7.81. The molecule has 0 atom stereocenters. The van der Waals surface area contributed by atoms with Crippen LogP contribution in [-0.4, -0.2) is 39.5 Å². The van der Waals surface area contributed by atoms with Gasteiger partial charge in [0, 0.05) is 6.54 Å². The number of thiazole rings is 1. The Bertz CT molecular complexity index is 1650. The maximum Gasteiger partial charge on any atom is 0.362 e. The molecule has 5 rings (SSSR count). The Balaban J connectivity index is 0.000000297. The van der Waals surface area contributed by atoms with Crippen LogP contribution in [0.4, 0.5) is 5.82 Å². The quantitative estimate of drug-likeness (QED) is 0.173. The summed E-state index contributed by atoms with van der Waals surface area (Å²) in [6, 6.07) is 5.78. The van der Waals surface area contributed by atoms with Gasteiger partial charge in [-0.1, -0.05) is 46.7 Å². The molecule has 4 aromatic rings. The highest BCUT2D eigenvalue weighted by Crippen LogP contribution is 2.43. The molecule has 9 nitrogen and oxygen atoms in total. The van der Waals surface area contributed by atoms with Crippen LogP contribution in [0.15, 0.2) is 63.8 Å². The Kier molecular flexibility index (Phi) is 11.1. The van der Waals surface area contributed by atoms with Gasteiger partial charge in [-0.2, -0.15) is 0 Å². The molecule has 0 radical (unpaired) electrons. The van der Waals surface area contributed by atoms with E-state index in [1.165, 1.54) is 12.1 Å². The minimum atomic E-state index is -4.27. The Morgan fingerprint density at radius 2 is 1.74 bits per heavy atom. The smallest absolute Gasteiger partial charge is 0.362 e. The van der Waals surface area contributed by atoms with E-state index < -0.39 is 10.1 Å². The van der Waals surface area contributed by atoms with E-state index in [0.29, 0.717) is 10.3 Å². The first kappa shape index (κ1) is 31.6. The van der Waals surface area contributed by atoms with Crippen LogP contribution < -0.4 is 33.4 Å². The Morgan fingerprint density at radius 1 is 1.08 bits per heavy atom. The monoisotopic (exact) mass is 735 g/mol. The van der Waals surface area contributed by atoms with Crippen LogP contribution >= 0.6 is 46.3 Å². The zero-order chi connectivity index (χ0) is 27.4. The molecule has 0 amide bonds. The van der Waals surface area contributed by atoms with E-state index in [4.69, 9.17) is 23.2 Å². The molecule has 0 spiro atoms.